The zero-order valence-corrected chi connectivity index (χ0v) is 19.9. The summed E-state index contributed by atoms with van der Waals surface area (Å²) in [5.41, 5.74) is -1.16. The second-order valence-electron chi connectivity index (χ2n) is 9.37. The number of halogens is 3. The Kier molecular flexibility index (Phi) is 7.05. The molecule has 2 aliphatic rings. The van der Waals surface area contributed by atoms with Crippen LogP contribution in [0.25, 0.3) is 0 Å². The zero-order valence-electron chi connectivity index (χ0n) is 19.9. The van der Waals surface area contributed by atoms with Crippen molar-refractivity contribution in [3.8, 4) is 0 Å². The monoisotopic (exact) mass is 508 g/mol. The van der Waals surface area contributed by atoms with Gasteiger partial charge in [0.15, 0.2) is 5.69 Å². The molecule has 4 rings (SSSR count). The summed E-state index contributed by atoms with van der Waals surface area (Å²) in [6, 6.07) is 7.34. The molecule has 1 aromatic heterocycles. The highest BCUT2D eigenvalue weighted by Crippen LogP contribution is 2.32. The van der Waals surface area contributed by atoms with Crippen molar-refractivity contribution < 1.29 is 32.6 Å². The van der Waals surface area contributed by atoms with Crippen LogP contribution in [0.3, 0.4) is 0 Å². The molecule has 0 aliphatic carbocycles. The lowest BCUT2D eigenvalue weighted by Crippen LogP contribution is -2.57. The van der Waals surface area contributed by atoms with Gasteiger partial charge in [-0.15, -0.1) is 0 Å². The molecule has 0 bridgehead atoms. The van der Waals surface area contributed by atoms with E-state index in [-0.39, 0.29) is 38.8 Å². The van der Waals surface area contributed by atoms with Crippen LogP contribution in [-0.4, -0.2) is 71.4 Å². The number of fused-ring (bicyclic) bond motifs is 1. The van der Waals surface area contributed by atoms with Gasteiger partial charge in [0, 0.05) is 56.5 Å². The maximum absolute atomic E-state index is 13.8. The number of anilines is 2. The van der Waals surface area contributed by atoms with Gasteiger partial charge in [0.1, 0.15) is 6.61 Å². The van der Waals surface area contributed by atoms with Crippen LogP contribution in [0.4, 0.5) is 29.6 Å². The van der Waals surface area contributed by atoms with Crippen LogP contribution >= 0.6 is 0 Å². The number of cyclic esters (lactones) is 1. The van der Waals surface area contributed by atoms with Crippen LogP contribution < -0.4 is 15.2 Å². The van der Waals surface area contributed by atoms with Crippen LogP contribution in [0.15, 0.2) is 30.5 Å². The third-order valence-electron chi connectivity index (χ3n) is 6.01. The molecular weight excluding hydrogens is 481 g/mol. The summed E-state index contributed by atoms with van der Waals surface area (Å²) in [6.07, 6.45) is -4.52. The first-order valence-electron chi connectivity index (χ1n) is 11.4. The van der Waals surface area contributed by atoms with Gasteiger partial charge in [-0.1, -0.05) is 32.0 Å². The van der Waals surface area contributed by atoms with Gasteiger partial charge in [0.25, 0.3) is 5.91 Å². The van der Waals surface area contributed by atoms with Gasteiger partial charge in [-0.2, -0.15) is 13.2 Å². The predicted octanol–water partition coefficient (Wildman–Crippen LogP) is 2.44. The number of rotatable bonds is 6. The fraction of sp³-hybridized carbons (Fsp3) is 0.478. The molecule has 0 spiro atoms. The molecular formula is C23H27F3N6O4. The number of piperazine rings is 1. The number of amides is 2. The van der Waals surface area contributed by atoms with Gasteiger partial charge in [0.05, 0.1) is 11.3 Å². The molecule has 1 aromatic carbocycles. The summed E-state index contributed by atoms with van der Waals surface area (Å²) in [6.45, 7) is 4.36. The van der Waals surface area contributed by atoms with Gasteiger partial charge in [-0.25, -0.2) is 24.8 Å². The van der Waals surface area contributed by atoms with E-state index in [4.69, 9.17) is 4.74 Å². The Morgan fingerprint density at radius 1 is 1.17 bits per heavy atom. The molecule has 2 aliphatic heterocycles. The highest BCUT2D eigenvalue weighted by atomic mass is 19.4. The van der Waals surface area contributed by atoms with E-state index in [1.165, 1.54) is 5.01 Å². The largest absolute Gasteiger partial charge is 0.443 e. The van der Waals surface area contributed by atoms with E-state index in [0.717, 1.165) is 11.8 Å². The van der Waals surface area contributed by atoms with Crippen molar-refractivity contribution in [2.45, 2.75) is 26.6 Å². The molecule has 2 amide bonds. The van der Waals surface area contributed by atoms with Gasteiger partial charge in [-0.05, 0) is 6.07 Å². The van der Waals surface area contributed by atoms with Gasteiger partial charge in [0.2, 0.25) is 5.95 Å². The minimum atomic E-state index is -4.88. The first-order valence-corrected chi connectivity index (χ1v) is 11.4. The Bertz CT molecular complexity index is 1140. The maximum atomic E-state index is 13.8. The van der Waals surface area contributed by atoms with Crippen molar-refractivity contribution in [1.82, 2.24) is 20.3 Å². The van der Waals surface area contributed by atoms with Crippen molar-refractivity contribution in [2.24, 2.45) is 5.41 Å². The van der Waals surface area contributed by atoms with Gasteiger partial charge >= 0.3 is 12.3 Å². The van der Waals surface area contributed by atoms with Crippen LogP contribution in [0.2, 0.25) is 0 Å². The van der Waals surface area contributed by atoms with Crippen molar-refractivity contribution in [2.75, 3.05) is 49.2 Å². The Labute approximate surface area is 205 Å². The molecule has 2 aromatic rings. The number of ether oxygens (including phenoxy) is 1. The average Bonchev–Trinajstić information content (AvgIpc) is 2.86. The van der Waals surface area contributed by atoms with Crippen LogP contribution in [0, 0.1) is 5.41 Å². The molecule has 1 fully saturated rings. The van der Waals surface area contributed by atoms with Crippen molar-refractivity contribution in [3.63, 3.8) is 0 Å². The Morgan fingerprint density at radius 3 is 2.53 bits per heavy atom. The lowest BCUT2D eigenvalue weighted by molar-refractivity contribution is -0.141. The van der Waals surface area contributed by atoms with Gasteiger partial charge in [-0.3, -0.25) is 4.79 Å². The Hall–Kier alpha value is -3.45. The maximum Gasteiger partial charge on any atom is 0.434 e. The van der Waals surface area contributed by atoms with E-state index >= 15 is 0 Å². The summed E-state index contributed by atoms with van der Waals surface area (Å²) in [5.74, 6) is -1.13. The lowest BCUT2D eigenvalue weighted by atomic mass is 9.95. The average molecular weight is 509 g/mol. The fourth-order valence-electron chi connectivity index (χ4n) is 3.88. The third kappa shape index (κ3) is 5.36. The number of hydrogen-bond acceptors (Lipinski definition) is 8. The predicted molar refractivity (Wildman–Crippen MR) is 123 cm³/mol. The third-order valence-corrected chi connectivity index (χ3v) is 6.01. The van der Waals surface area contributed by atoms with E-state index < -0.39 is 34.8 Å². The van der Waals surface area contributed by atoms with Crippen molar-refractivity contribution >= 4 is 23.6 Å². The first kappa shape index (κ1) is 25.6. The van der Waals surface area contributed by atoms with E-state index in [2.05, 4.69) is 15.3 Å². The zero-order chi connectivity index (χ0) is 26.1. The summed E-state index contributed by atoms with van der Waals surface area (Å²) < 4.78 is 46.6. The highest BCUT2D eigenvalue weighted by molar-refractivity contribution is 5.95. The molecule has 0 unspecified atom stereocenters. The molecule has 194 valence electrons. The second kappa shape index (κ2) is 9.90. The summed E-state index contributed by atoms with van der Waals surface area (Å²) in [4.78, 5) is 34.2. The Balaban J connectivity index is 1.49. The van der Waals surface area contributed by atoms with Crippen LogP contribution in [0.1, 0.15) is 35.5 Å². The molecule has 0 radical (unpaired) electrons. The van der Waals surface area contributed by atoms with E-state index in [9.17, 15) is 27.9 Å². The van der Waals surface area contributed by atoms with E-state index in [1.54, 1.807) is 23.8 Å². The van der Waals surface area contributed by atoms with Gasteiger partial charge < -0.3 is 20.1 Å². The fourth-order valence-corrected chi connectivity index (χ4v) is 3.88. The normalized spacial score (nSPS) is 17.0. The number of benzene rings is 1. The topological polar surface area (TPSA) is 111 Å². The molecule has 2 N–H and O–H groups in total. The minimum Gasteiger partial charge on any atom is -0.443 e. The molecule has 13 heteroatoms. The Morgan fingerprint density at radius 2 is 1.86 bits per heavy atom. The lowest BCUT2D eigenvalue weighted by Gasteiger charge is -2.42. The molecule has 10 nitrogen and oxygen atoms in total. The number of nitrogens with zero attached hydrogens (tertiary/aromatic N) is 5. The number of aliphatic hydroxyl groups excluding tert-OH is 1. The number of hydrogen-bond donors (Lipinski definition) is 2. The second-order valence-corrected chi connectivity index (χ2v) is 9.37. The first-order chi connectivity index (χ1) is 17.0. The quantitative estimate of drug-likeness (QED) is 0.612. The molecule has 1 saturated heterocycles. The number of nitrogens with one attached hydrogen (secondary N) is 1. The smallest absolute Gasteiger partial charge is 0.434 e. The number of aliphatic hydroxyl groups is 1. The van der Waals surface area contributed by atoms with Crippen molar-refractivity contribution in [3.05, 3.63) is 47.3 Å². The summed E-state index contributed by atoms with van der Waals surface area (Å²) in [7, 11) is 0. The summed E-state index contributed by atoms with van der Waals surface area (Å²) in [5, 5.41) is 14.9. The number of carbonyl (C=O) groups excluding carboxylic acids is 2. The molecule has 36 heavy (non-hydrogen) atoms. The molecule has 3 heterocycles. The number of alkyl halides is 3. The van der Waals surface area contributed by atoms with E-state index in [0.29, 0.717) is 18.8 Å². The number of aromatic nitrogens is 2. The van der Waals surface area contributed by atoms with Crippen LogP contribution in [-0.2, 0) is 17.5 Å². The van der Waals surface area contributed by atoms with Crippen molar-refractivity contribution in [1.29, 1.82) is 0 Å². The number of para-hydroxylation sites is 1. The SMILES string of the molecule is CC(C)(CO)CNC(=O)c1cnc(N2CCN(N3C(=O)OCc4ccccc43)CC2)nc1C(F)(F)F. The molecule has 0 atom stereocenters. The summed E-state index contributed by atoms with van der Waals surface area (Å²) >= 11 is 0. The minimum absolute atomic E-state index is 0.0224. The standard InChI is InChI=1S/C23H27F3N6O4/c1-22(2,14-33)13-28-19(34)16-11-27-20(29-18(16)23(24,25)26)30-7-9-31(10-8-30)32-17-6-4-3-5-15(17)12-36-21(32)35/h3-6,11,33H,7-10,12-14H2,1-2H3,(H,28,34). The number of carbonyl (C=O) groups is 2. The molecule has 0 saturated carbocycles. The highest BCUT2D eigenvalue weighted by Gasteiger charge is 2.39. The van der Waals surface area contributed by atoms with Crippen LogP contribution in [0.5, 0.6) is 0 Å². The number of hydrazine groups is 1. The van der Waals surface area contributed by atoms with E-state index in [1.807, 2.05) is 24.3 Å².